The van der Waals surface area contributed by atoms with E-state index in [0.29, 0.717) is 11.6 Å². The lowest BCUT2D eigenvalue weighted by atomic mass is 9.99. The fraction of sp³-hybridized carbons (Fsp3) is 0.500. The minimum Gasteiger partial charge on any atom is -0.481 e. The van der Waals surface area contributed by atoms with E-state index in [4.69, 9.17) is 10.8 Å². The second kappa shape index (κ2) is 5.13. The summed E-state index contributed by atoms with van der Waals surface area (Å²) < 4.78 is 0. The zero-order valence-electron chi connectivity index (χ0n) is 9.69. The molecule has 0 atom stereocenters. The van der Waals surface area contributed by atoms with Crippen molar-refractivity contribution in [2.45, 2.75) is 32.2 Å². The molecule has 1 aromatic heterocycles. The lowest BCUT2D eigenvalue weighted by molar-refractivity contribution is -0.137. The van der Waals surface area contributed by atoms with E-state index in [1.165, 1.54) is 11.3 Å². The van der Waals surface area contributed by atoms with Crippen LogP contribution in [0.2, 0.25) is 0 Å². The molecule has 0 aliphatic carbocycles. The Hall–Kier alpha value is -1.63. The number of carbonyl (C=O) groups excluding carboxylic acids is 1. The van der Waals surface area contributed by atoms with Crippen LogP contribution in [0.15, 0.2) is 5.38 Å². The number of nitrogens with one attached hydrogen (secondary N) is 1. The molecular weight excluding hydrogens is 242 g/mol. The van der Waals surface area contributed by atoms with E-state index in [0.717, 1.165) is 0 Å². The molecule has 0 radical (unpaired) electrons. The van der Waals surface area contributed by atoms with Crippen LogP contribution in [0, 0.1) is 0 Å². The van der Waals surface area contributed by atoms with E-state index in [9.17, 15) is 9.59 Å². The van der Waals surface area contributed by atoms with Crippen molar-refractivity contribution in [3.05, 3.63) is 11.1 Å². The highest BCUT2D eigenvalue weighted by Crippen LogP contribution is 2.22. The quantitative estimate of drug-likeness (QED) is 0.712. The van der Waals surface area contributed by atoms with Crippen LogP contribution in [0.25, 0.3) is 0 Å². The third-order valence-electron chi connectivity index (χ3n) is 2.17. The van der Waals surface area contributed by atoms with E-state index in [-0.39, 0.29) is 12.1 Å². The molecule has 0 fully saturated rings. The number of nitrogens with two attached hydrogens (primary N) is 1. The van der Waals surface area contributed by atoms with E-state index in [2.05, 4.69) is 10.3 Å². The van der Waals surface area contributed by atoms with Gasteiger partial charge in [-0.2, -0.15) is 0 Å². The van der Waals surface area contributed by atoms with Gasteiger partial charge in [0, 0.05) is 17.3 Å². The summed E-state index contributed by atoms with van der Waals surface area (Å²) in [7, 11) is 0. The molecule has 0 aliphatic rings. The molecule has 4 N–H and O–H groups in total. The Labute approximate surface area is 103 Å². The van der Waals surface area contributed by atoms with Crippen LogP contribution in [-0.4, -0.2) is 27.5 Å². The summed E-state index contributed by atoms with van der Waals surface area (Å²) in [6.07, 6.45) is 0.544. The SMILES string of the molecule is CC(C)(CCC(=O)O)Nc1nc(C(N)=O)cs1. The molecule has 1 amide bonds. The topological polar surface area (TPSA) is 105 Å². The number of hydrogen-bond acceptors (Lipinski definition) is 5. The molecule has 0 aromatic carbocycles. The number of amides is 1. The Morgan fingerprint density at radius 2 is 2.24 bits per heavy atom. The fourth-order valence-electron chi connectivity index (χ4n) is 1.22. The van der Waals surface area contributed by atoms with Crippen molar-refractivity contribution in [1.82, 2.24) is 4.98 Å². The van der Waals surface area contributed by atoms with Gasteiger partial charge in [0.25, 0.3) is 5.91 Å². The van der Waals surface area contributed by atoms with Crippen molar-refractivity contribution in [3.63, 3.8) is 0 Å². The normalized spacial score (nSPS) is 11.2. The van der Waals surface area contributed by atoms with Gasteiger partial charge in [-0.15, -0.1) is 11.3 Å². The molecule has 1 rings (SSSR count). The molecule has 0 unspecified atom stereocenters. The Morgan fingerprint density at radius 1 is 1.59 bits per heavy atom. The smallest absolute Gasteiger partial charge is 0.303 e. The van der Waals surface area contributed by atoms with Crippen LogP contribution in [0.4, 0.5) is 5.13 Å². The first-order valence-corrected chi connectivity index (χ1v) is 5.93. The van der Waals surface area contributed by atoms with Crippen molar-refractivity contribution in [3.8, 4) is 0 Å². The highest BCUT2D eigenvalue weighted by molar-refractivity contribution is 7.13. The first-order valence-electron chi connectivity index (χ1n) is 5.05. The zero-order chi connectivity index (χ0) is 13.1. The van der Waals surface area contributed by atoms with Gasteiger partial charge in [-0.05, 0) is 20.3 Å². The summed E-state index contributed by atoms with van der Waals surface area (Å²) in [6, 6.07) is 0. The van der Waals surface area contributed by atoms with Crippen LogP contribution in [0.5, 0.6) is 0 Å². The summed E-state index contributed by atoms with van der Waals surface area (Å²) in [5, 5.41) is 13.8. The maximum atomic E-state index is 10.9. The number of carbonyl (C=O) groups is 2. The number of nitrogens with zero attached hydrogens (tertiary/aromatic N) is 1. The third-order valence-corrected chi connectivity index (χ3v) is 2.92. The highest BCUT2D eigenvalue weighted by Gasteiger charge is 2.20. The molecule has 0 bridgehead atoms. The van der Waals surface area contributed by atoms with Crippen LogP contribution in [0.1, 0.15) is 37.2 Å². The maximum Gasteiger partial charge on any atom is 0.303 e. The molecular formula is C10H15N3O3S. The van der Waals surface area contributed by atoms with Gasteiger partial charge < -0.3 is 16.2 Å². The molecule has 1 heterocycles. The summed E-state index contributed by atoms with van der Waals surface area (Å²) in [4.78, 5) is 25.4. The standard InChI is InChI=1S/C10H15N3O3S/c1-10(2,4-3-7(14)15)13-9-12-6(5-17-9)8(11)16/h5H,3-4H2,1-2H3,(H2,11,16)(H,12,13)(H,14,15). The molecule has 0 aliphatic heterocycles. The predicted octanol–water partition coefficient (Wildman–Crippen LogP) is 1.30. The summed E-state index contributed by atoms with van der Waals surface area (Å²) in [5.74, 6) is -1.41. The number of thiazole rings is 1. The number of carboxylic acids is 1. The average molecular weight is 257 g/mol. The Morgan fingerprint density at radius 3 is 2.71 bits per heavy atom. The van der Waals surface area contributed by atoms with Gasteiger partial charge in [0.2, 0.25) is 0 Å². The first-order chi connectivity index (χ1) is 7.80. The van der Waals surface area contributed by atoms with Gasteiger partial charge in [0.05, 0.1) is 0 Å². The number of hydrogen-bond donors (Lipinski definition) is 3. The van der Waals surface area contributed by atoms with Gasteiger partial charge in [-0.3, -0.25) is 9.59 Å². The predicted molar refractivity (Wildman–Crippen MR) is 65.2 cm³/mol. The molecule has 17 heavy (non-hydrogen) atoms. The van der Waals surface area contributed by atoms with E-state index in [1.807, 2.05) is 13.8 Å². The van der Waals surface area contributed by atoms with Crippen molar-refractivity contribution in [2.24, 2.45) is 5.73 Å². The van der Waals surface area contributed by atoms with E-state index in [1.54, 1.807) is 5.38 Å². The summed E-state index contributed by atoms with van der Waals surface area (Å²) in [5.41, 5.74) is 4.91. The van der Waals surface area contributed by atoms with Gasteiger partial charge >= 0.3 is 5.97 Å². The fourth-order valence-corrected chi connectivity index (χ4v) is 2.09. The minimum atomic E-state index is -0.836. The highest BCUT2D eigenvalue weighted by atomic mass is 32.1. The average Bonchev–Trinajstić information content (AvgIpc) is 2.63. The zero-order valence-corrected chi connectivity index (χ0v) is 10.5. The third kappa shape index (κ3) is 4.39. The van der Waals surface area contributed by atoms with Gasteiger partial charge in [-0.1, -0.05) is 0 Å². The molecule has 0 saturated heterocycles. The minimum absolute atomic E-state index is 0.0774. The van der Waals surface area contributed by atoms with Crippen molar-refractivity contribution < 1.29 is 14.7 Å². The van der Waals surface area contributed by atoms with Gasteiger partial charge in [0.15, 0.2) is 5.13 Å². The number of carboxylic acid groups (broad SMARTS) is 1. The largest absolute Gasteiger partial charge is 0.481 e. The monoisotopic (exact) mass is 257 g/mol. The number of aromatic nitrogens is 1. The molecule has 6 nitrogen and oxygen atoms in total. The summed E-state index contributed by atoms with van der Waals surface area (Å²) in [6.45, 7) is 3.75. The first kappa shape index (κ1) is 13.4. The molecule has 1 aromatic rings. The maximum absolute atomic E-state index is 10.9. The Kier molecular flexibility index (Phi) is 4.06. The van der Waals surface area contributed by atoms with Crippen molar-refractivity contribution in [2.75, 3.05) is 5.32 Å². The number of aliphatic carboxylic acids is 1. The van der Waals surface area contributed by atoms with Crippen LogP contribution in [-0.2, 0) is 4.79 Å². The molecule has 7 heteroatoms. The number of anilines is 1. The second-order valence-electron chi connectivity index (χ2n) is 4.30. The summed E-state index contributed by atoms with van der Waals surface area (Å²) >= 11 is 1.27. The van der Waals surface area contributed by atoms with Crippen LogP contribution < -0.4 is 11.1 Å². The van der Waals surface area contributed by atoms with E-state index >= 15 is 0 Å². The Bertz CT molecular complexity index is 428. The van der Waals surface area contributed by atoms with Crippen LogP contribution in [0.3, 0.4) is 0 Å². The van der Waals surface area contributed by atoms with Crippen molar-refractivity contribution in [1.29, 1.82) is 0 Å². The van der Waals surface area contributed by atoms with E-state index < -0.39 is 17.4 Å². The van der Waals surface area contributed by atoms with Crippen molar-refractivity contribution >= 4 is 28.3 Å². The molecule has 94 valence electrons. The lowest BCUT2D eigenvalue weighted by Gasteiger charge is -2.25. The number of primary amides is 1. The number of rotatable bonds is 6. The van der Waals surface area contributed by atoms with Gasteiger partial charge in [-0.25, -0.2) is 4.98 Å². The van der Waals surface area contributed by atoms with Crippen LogP contribution >= 0.6 is 11.3 Å². The van der Waals surface area contributed by atoms with Gasteiger partial charge in [0.1, 0.15) is 5.69 Å². The lowest BCUT2D eigenvalue weighted by Crippen LogP contribution is -2.31. The Balaban J connectivity index is 2.62. The molecule has 0 saturated carbocycles. The molecule has 0 spiro atoms. The second-order valence-corrected chi connectivity index (χ2v) is 5.16.